The number of anilines is 1. The highest BCUT2D eigenvalue weighted by molar-refractivity contribution is 6.33. The Bertz CT molecular complexity index is 696. The minimum absolute atomic E-state index is 0.634. The van der Waals surface area contributed by atoms with Gasteiger partial charge in [-0.2, -0.15) is 0 Å². The Morgan fingerprint density at radius 3 is 2.24 bits per heavy atom. The Labute approximate surface area is 169 Å². The molecule has 0 aliphatic carbocycles. The van der Waals surface area contributed by atoms with Gasteiger partial charge in [-0.3, -0.25) is 4.99 Å². The van der Waals surface area contributed by atoms with Gasteiger partial charge in [-0.15, -0.1) is 23.2 Å². The fraction of sp³-hybridized carbons (Fsp3) is 0.316. The first-order valence-corrected chi connectivity index (χ1v) is 9.92. The predicted octanol–water partition coefficient (Wildman–Crippen LogP) is 6.81. The van der Waals surface area contributed by atoms with Gasteiger partial charge in [-0.25, -0.2) is 0 Å². The van der Waals surface area contributed by atoms with Gasteiger partial charge in [0, 0.05) is 47.3 Å². The van der Waals surface area contributed by atoms with Gasteiger partial charge in [0.25, 0.3) is 0 Å². The molecule has 2 nitrogen and oxygen atoms in total. The molecule has 2 aromatic rings. The molecule has 0 unspecified atom stereocenters. The summed E-state index contributed by atoms with van der Waals surface area (Å²) in [7, 11) is 0. The maximum atomic E-state index is 6.44. The molecular formula is C19H20Cl4N2. The normalized spacial score (nSPS) is 11.2. The van der Waals surface area contributed by atoms with E-state index in [9.17, 15) is 0 Å². The van der Waals surface area contributed by atoms with Gasteiger partial charge in [0.15, 0.2) is 0 Å². The quantitative estimate of drug-likeness (QED) is 0.323. The number of hydrogen-bond acceptors (Lipinski definition) is 2. The van der Waals surface area contributed by atoms with Gasteiger partial charge in [-0.05, 0) is 49.2 Å². The van der Waals surface area contributed by atoms with Crippen LogP contribution in [0.15, 0.2) is 47.5 Å². The zero-order chi connectivity index (χ0) is 18.1. The molecule has 2 aromatic carbocycles. The van der Waals surface area contributed by atoms with E-state index in [-0.39, 0.29) is 0 Å². The zero-order valence-corrected chi connectivity index (χ0v) is 16.8. The average Bonchev–Trinajstić information content (AvgIpc) is 2.61. The highest BCUT2D eigenvalue weighted by Gasteiger charge is 2.08. The zero-order valence-electron chi connectivity index (χ0n) is 13.8. The molecule has 0 spiro atoms. The molecular weight excluding hydrogens is 398 g/mol. The van der Waals surface area contributed by atoms with Crippen molar-refractivity contribution >= 4 is 64.0 Å². The van der Waals surface area contributed by atoms with Crippen LogP contribution in [0.5, 0.6) is 0 Å². The number of nitrogens with zero attached hydrogens (tertiary/aromatic N) is 2. The summed E-state index contributed by atoms with van der Waals surface area (Å²) >= 11 is 24.1. The first-order valence-electron chi connectivity index (χ1n) is 8.10. The van der Waals surface area contributed by atoms with Crippen molar-refractivity contribution in [3.8, 4) is 0 Å². The lowest BCUT2D eigenvalue weighted by Crippen LogP contribution is -2.26. The molecule has 0 N–H and O–H groups in total. The van der Waals surface area contributed by atoms with Crippen LogP contribution in [0.4, 0.5) is 11.4 Å². The van der Waals surface area contributed by atoms with Crippen molar-refractivity contribution in [3.63, 3.8) is 0 Å². The van der Waals surface area contributed by atoms with Crippen LogP contribution in [0.1, 0.15) is 18.4 Å². The molecule has 0 heterocycles. The Morgan fingerprint density at radius 1 is 0.920 bits per heavy atom. The standard InChI is InChI=1S/C19H20Cl4N2/c20-8-2-10-25(11-3-9-21)18-7-6-15(19(23)13-18)14-24-17-5-1-4-16(22)12-17/h1,4-7,12-14H,2-3,8-11H2. The minimum Gasteiger partial charge on any atom is -0.371 e. The van der Waals surface area contributed by atoms with E-state index in [4.69, 9.17) is 46.4 Å². The van der Waals surface area contributed by atoms with Crippen molar-refractivity contribution in [1.82, 2.24) is 0 Å². The van der Waals surface area contributed by atoms with Gasteiger partial charge in [0.05, 0.1) is 10.7 Å². The molecule has 0 bridgehead atoms. The maximum absolute atomic E-state index is 6.44. The maximum Gasteiger partial charge on any atom is 0.0644 e. The minimum atomic E-state index is 0.634. The summed E-state index contributed by atoms with van der Waals surface area (Å²) in [6, 6.07) is 13.4. The summed E-state index contributed by atoms with van der Waals surface area (Å²) in [4.78, 5) is 6.69. The van der Waals surface area contributed by atoms with Crippen LogP contribution in [0.25, 0.3) is 0 Å². The molecule has 0 saturated heterocycles. The summed E-state index contributed by atoms with van der Waals surface area (Å²) in [5, 5.41) is 1.32. The Morgan fingerprint density at radius 2 is 1.64 bits per heavy atom. The summed E-state index contributed by atoms with van der Waals surface area (Å²) in [5.41, 5.74) is 2.72. The van der Waals surface area contributed by atoms with E-state index in [1.165, 1.54) is 0 Å². The summed E-state index contributed by atoms with van der Waals surface area (Å²) in [6.07, 6.45) is 3.58. The second-order valence-electron chi connectivity index (χ2n) is 5.52. The number of benzene rings is 2. The molecule has 2 rings (SSSR count). The monoisotopic (exact) mass is 416 g/mol. The molecule has 0 saturated carbocycles. The van der Waals surface area contributed by atoms with E-state index in [0.29, 0.717) is 21.8 Å². The topological polar surface area (TPSA) is 15.6 Å². The summed E-state index contributed by atoms with van der Waals surface area (Å²) in [6.45, 7) is 1.76. The molecule has 0 aliphatic heterocycles. The van der Waals surface area contributed by atoms with Crippen LogP contribution >= 0.6 is 46.4 Å². The van der Waals surface area contributed by atoms with Gasteiger partial charge in [0.2, 0.25) is 0 Å². The number of aliphatic imine (C=N–C) groups is 1. The van der Waals surface area contributed by atoms with E-state index in [1.54, 1.807) is 12.3 Å². The van der Waals surface area contributed by atoms with E-state index in [2.05, 4.69) is 9.89 Å². The van der Waals surface area contributed by atoms with E-state index in [0.717, 1.165) is 42.9 Å². The largest absolute Gasteiger partial charge is 0.371 e. The van der Waals surface area contributed by atoms with Crippen LogP contribution in [0, 0.1) is 0 Å². The van der Waals surface area contributed by atoms with Gasteiger partial charge in [0.1, 0.15) is 0 Å². The predicted molar refractivity (Wildman–Crippen MR) is 113 cm³/mol. The van der Waals surface area contributed by atoms with Crippen molar-refractivity contribution in [3.05, 3.63) is 58.1 Å². The average molecular weight is 418 g/mol. The molecule has 6 heteroatoms. The fourth-order valence-electron chi connectivity index (χ4n) is 2.39. The van der Waals surface area contributed by atoms with Crippen molar-refractivity contribution < 1.29 is 0 Å². The van der Waals surface area contributed by atoms with Crippen molar-refractivity contribution in [1.29, 1.82) is 0 Å². The van der Waals surface area contributed by atoms with Gasteiger partial charge in [-0.1, -0.05) is 29.3 Å². The van der Waals surface area contributed by atoms with Crippen LogP contribution in [-0.2, 0) is 0 Å². The van der Waals surface area contributed by atoms with E-state index < -0.39 is 0 Å². The Balaban J connectivity index is 2.14. The molecule has 0 radical (unpaired) electrons. The van der Waals surface area contributed by atoms with Crippen LogP contribution in [0.2, 0.25) is 10.0 Å². The smallest absolute Gasteiger partial charge is 0.0644 e. The van der Waals surface area contributed by atoms with Crippen LogP contribution in [0.3, 0.4) is 0 Å². The SMILES string of the molecule is ClCCCN(CCCCl)c1ccc(C=Nc2cccc(Cl)c2)c(Cl)c1. The number of rotatable bonds is 9. The first kappa shape index (κ1) is 20.4. The third-order valence-corrected chi connectivity index (χ3v) is 4.73. The Kier molecular flexibility index (Phi) is 8.91. The van der Waals surface area contributed by atoms with Crippen molar-refractivity contribution in [2.45, 2.75) is 12.8 Å². The number of hydrogen-bond donors (Lipinski definition) is 0. The second kappa shape index (κ2) is 10.9. The number of alkyl halides is 2. The second-order valence-corrected chi connectivity index (χ2v) is 7.12. The molecule has 25 heavy (non-hydrogen) atoms. The molecule has 0 fully saturated rings. The highest BCUT2D eigenvalue weighted by atomic mass is 35.5. The lowest BCUT2D eigenvalue weighted by Gasteiger charge is -2.24. The van der Waals surface area contributed by atoms with Crippen molar-refractivity contribution in [2.24, 2.45) is 4.99 Å². The van der Waals surface area contributed by atoms with Crippen LogP contribution in [-0.4, -0.2) is 31.1 Å². The summed E-state index contributed by atoms with van der Waals surface area (Å²) in [5.74, 6) is 1.27. The van der Waals surface area contributed by atoms with Crippen LogP contribution < -0.4 is 4.90 Å². The van der Waals surface area contributed by atoms with Gasteiger partial charge >= 0.3 is 0 Å². The molecule has 0 aliphatic rings. The molecule has 0 aromatic heterocycles. The van der Waals surface area contributed by atoms with E-state index in [1.807, 2.05) is 36.4 Å². The molecule has 134 valence electrons. The number of halogens is 4. The fourth-order valence-corrected chi connectivity index (χ4v) is 3.04. The third kappa shape index (κ3) is 6.71. The lowest BCUT2D eigenvalue weighted by atomic mass is 10.2. The summed E-state index contributed by atoms with van der Waals surface area (Å²) < 4.78 is 0. The highest BCUT2D eigenvalue weighted by Crippen LogP contribution is 2.25. The lowest BCUT2D eigenvalue weighted by molar-refractivity contribution is 0.749. The van der Waals surface area contributed by atoms with E-state index >= 15 is 0 Å². The Hall–Kier alpha value is -0.930. The molecule has 0 amide bonds. The first-order chi connectivity index (χ1) is 12.1. The van der Waals surface area contributed by atoms with Crippen molar-refractivity contribution in [2.75, 3.05) is 29.7 Å². The van der Waals surface area contributed by atoms with Gasteiger partial charge < -0.3 is 4.90 Å². The third-order valence-electron chi connectivity index (χ3n) is 3.63. The molecule has 0 atom stereocenters.